The SMILES string of the molecule is C=CCOc1ccc(/C=C/C(=O)NNC(=S)Nc2ccc(C(C)C)cc2)cc1. The zero-order valence-corrected chi connectivity index (χ0v) is 16.9. The Hall–Kier alpha value is -3.12. The molecule has 0 aromatic heterocycles. The second kappa shape index (κ2) is 10.9. The van der Waals surface area contributed by atoms with Crippen LogP contribution in [0.4, 0.5) is 5.69 Å². The summed E-state index contributed by atoms with van der Waals surface area (Å²) < 4.78 is 5.41. The molecule has 1 amide bonds. The summed E-state index contributed by atoms with van der Waals surface area (Å²) in [6.07, 6.45) is 4.81. The predicted molar refractivity (Wildman–Crippen MR) is 119 cm³/mol. The topological polar surface area (TPSA) is 62.4 Å². The fraction of sp³-hybridized carbons (Fsp3) is 0.182. The van der Waals surface area contributed by atoms with E-state index in [1.54, 1.807) is 12.2 Å². The molecule has 2 rings (SSSR count). The van der Waals surface area contributed by atoms with E-state index < -0.39 is 0 Å². The van der Waals surface area contributed by atoms with Gasteiger partial charge in [0, 0.05) is 11.8 Å². The first-order valence-corrected chi connectivity index (χ1v) is 9.37. The lowest BCUT2D eigenvalue weighted by Gasteiger charge is -2.11. The monoisotopic (exact) mass is 395 g/mol. The minimum absolute atomic E-state index is 0.308. The molecule has 0 aliphatic rings. The summed E-state index contributed by atoms with van der Waals surface area (Å²) in [6.45, 7) is 8.35. The van der Waals surface area contributed by atoms with Crippen molar-refractivity contribution in [1.82, 2.24) is 10.9 Å². The molecule has 0 spiro atoms. The number of anilines is 1. The van der Waals surface area contributed by atoms with Gasteiger partial charge in [-0.15, -0.1) is 0 Å². The molecule has 5 nitrogen and oxygen atoms in total. The van der Waals surface area contributed by atoms with Gasteiger partial charge in [-0.3, -0.25) is 15.6 Å². The molecule has 0 heterocycles. The maximum absolute atomic E-state index is 11.9. The van der Waals surface area contributed by atoms with Crippen molar-refractivity contribution in [3.8, 4) is 5.75 Å². The minimum Gasteiger partial charge on any atom is -0.490 e. The molecular formula is C22H25N3O2S. The molecule has 0 fully saturated rings. The van der Waals surface area contributed by atoms with Crippen LogP contribution < -0.4 is 20.9 Å². The number of thiocarbonyl (C=S) groups is 1. The summed E-state index contributed by atoms with van der Waals surface area (Å²) in [7, 11) is 0. The second-order valence-electron chi connectivity index (χ2n) is 6.35. The molecule has 0 saturated heterocycles. The van der Waals surface area contributed by atoms with Gasteiger partial charge >= 0.3 is 0 Å². The van der Waals surface area contributed by atoms with E-state index in [-0.39, 0.29) is 5.91 Å². The van der Waals surface area contributed by atoms with Crippen LogP contribution in [0.3, 0.4) is 0 Å². The van der Waals surface area contributed by atoms with Crippen LogP contribution in [0.2, 0.25) is 0 Å². The number of nitrogens with one attached hydrogen (secondary N) is 3. The zero-order chi connectivity index (χ0) is 20.4. The maximum atomic E-state index is 11.9. The van der Waals surface area contributed by atoms with Crippen LogP contribution in [0, 0.1) is 0 Å². The number of amides is 1. The molecule has 6 heteroatoms. The molecule has 0 bridgehead atoms. The Balaban J connectivity index is 1.77. The molecule has 3 N–H and O–H groups in total. The predicted octanol–water partition coefficient (Wildman–Crippen LogP) is 4.41. The molecule has 0 atom stereocenters. The highest BCUT2D eigenvalue weighted by molar-refractivity contribution is 7.80. The van der Waals surface area contributed by atoms with E-state index in [2.05, 4.69) is 36.6 Å². The second-order valence-corrected chi connectivity index (χ2v) is 6.76. The van der Waals surface area contributed by atoms with Crippen molar-refractivity contribution in [2.45, 2.75) is 19.8 Å². The van der Waals surface area contributed by atoms with Crippen LogP contribution in [-0.2, 0) is 4.79 Å². The summed E-state index contributed by atoms with van der Waals surface area (Å²) in [5.41, 5.74) is 8.19. The van der Waals surface area contributed by atoms with Crippen molar-refractivity contribution in [2.24, 2.45) is 0 Å². The maximum Gasteiger partial charge on any atom is 0.262 e. The zero-order valence-electron chi connectivity index (χ0n) is 16.1. The van der Waals surface area contributed by atoms with Crippen LogP contribution in [-0.4, -0.2) is 17.6 Å². The van der Waals surface area contributed by atoms with Gasteiger partial charge < -0.3 is 10.1 Å². The van der Waals surface area contributed by atoms with E-state index in [4.69, 9.17) is 17.0 Å². The van der Waals surface area contributed by atoms with Gasteiger partial charge in [-0.05, 0) is 59.6 Å². The van der Waals surface area contributed by atoms with Gasteiger partial charge in [0.05, 0.1) is 0 Å². The van der Waals surface area contributed by atoms with E-state index in [9.17, 15) is 4.79 Å². The molecule has 146 valence electrons. The quantitative estimate of drug-likeness (QED) is 0.281. The highest BCUT2D eigenvalue weighted by Crippen LogP contribution is 2.17. The Morgan fingerprint density at radius 1 is 1.11 bits per heavy atom. The van der Waals surface area contributed by atoms with Crippen LogP contribution >= 0.6 is 12.2 Å². The number of carbonyl (C=O) groups is 1. The fourth-order valence-corrected chi connectivity index (χ4v) is 2.44. The van der Waals surface area contributed by atoms with Gasteiger partial charge in [0.2, 0.25) is 0 Å². The average Bonchev–Trinajstić information content (AvgIpc) is 2.70. The van der Waals surface area contributed by atoms with E-state index in [1.807, 2.05) is 48.5 Å². The molecule has 0 radical (unpaired) electrons. The molecule has 0 saturated carbocycles. The number of hydrogen-bond donors (Lipinski definition) is 3. The number of rotatable bonds is 7. The van der Waals surface area contributed by atoms with Crippen molar-refractivity contribution in [3.05, 3.63) is 78.4 Å². The summed E-state index contributed by atoms with van der Waals surface area (Å²) in [5.74, 6) is 0.911. The van der Waals surface area contributed by atoms with Crippen LogP contribution in [0.5, 0.6) is 5.75 Å². The van der Waals surface area contributed by atoms with Crippen LogP contribution in [0.15, 0.2) is 67.3 Å². The molecule has 28 heavy (non-hydrogen) atoms. The standard InChI is InChI=1S/C22H25N3O2S/c1-4-15-27-20-12-5-17(6-13-20)7-14-21(26)24-25-22(28)23-19-10-8-18(9-11-19)16(2)3/h4-14,16H,1,15H2,2-3H3,(H,24,26)(H2,23,25,28)/b14-7+. The molecule has 0 aliphatic carbocycles. The Labute approximate surface area is 171 Å². The van der Waals surface area contributed by atoms with Gasteiger partial charge in [0.25, 0.3) is 5.91 Å². The number of hydrazine groups is 1. The van der Waals surface area contributed by atoms with E-state index in [1.165, 1.54) is 11.6 Å². The van der Waals surface area contributed by atoms with Gasteiger partial charge in [-0.2, -0.15) is 0 Å². The van der Waals surface area contributed by atoms with Crippen LogP contribution in [0.1, 0.15) is 30.9 Å². The van der Waals surface area contributed by atoms with E-state index >= 15 is 0 Å². The summed E-state index contributed by atoms with van der Waals surface area (Å²) >= 11 is 5.18. The van der Waals surface area contributed by atoms with Gasteiger partial charge in [0.15, 0.2) is 5.11 Å². The van der Waals surface area contributed by atoms with Crippen molar-refractivity contribution in [2.75, 3.05) is 11.9 Å². The van der Waals surface area contributed by atoms with Crippen LogP contribution in [0.25, 0.3) is 6.08 Å². The lowest BCUT2D eigenvalue weighted by atomic mass is 10.0. The lowest BCUT2D eigenvalue weighted by molar-refractivity contribution is -0.116. The molecule has 0 unspecified atom stereocenters. The molecule has 0 aliphatic heterocycles. The Morgan fingerprint density at radius 3 is 2.39 bits per heavy atom. The molecule has 2 aromatic rings. The summed E-state index contributed by atoms with van der Waals surface area (Å²) in [6, 6.07) is 15.4. The summed E-state index contributed by atoms with van der Waals surface area (Å²) in [5, 5.41) is 3.33. The van der Waals surface area contributed by atoms with Gasteiger partial charge in [-0.1, -0.05) is 50.8 Å². The Morgan fingerprint density at radius 2 is 1.79 bits per heavy atom. The Bertz CT molecular complexity index is 828. The first-order chi connectivity index (χ1) is 13.5. The van der Waals surface area contributed by atoms with Crippen molar-refractivity contribution < 1.29 is 9.53 Å². The third-order valence-electron chi connectivity index (χ3n) is 3.81. The largest absolute Gasteiger partial charge is 0.490 e. The highest BCUT2D eigenvalue weighted by Gasteiger charge is 2.02. The first kappa shape index (κ1) is 21.2. The van der Waals surface area contributed by atoms with Gasteiger partial charge in [0.1, 0.15) is 12.4 Å². The van der Waals surface area contributed by atoms with E-state index in [0.29, 0.717) is 17.6 Å². The minimum atomic E-state index is -0.314. The van der Waals surface area contributed by atoms with Gasteiger partial charge in [-0.25, -0.2) is 0 Å². The number of benzene rings is 2. The molecule has 2 aromatic carbocycles. The Kier molecular flexibility index (Phi) is 8.24. The van der Waals surface area contributed by atoms with E-state index in [0.717, 1.165) is 17.0 Å². The van der Waals surface area contributed by atoms with Crippen molar-refractivity contribution in [1.29, 1.82) is 0 Å². The summed E-state index contributed by atoms with van der Waals surface area (Å²) in [4.78, 5) is 11.9. The fourth-order valence-electron chi connectivity index (χ4n) is 2.28. The normalized spacial score (nSPS) is 10.5. The molecular weight excluding hydrogens is 370 g/mol. The van der Waals surface area contributed by atoms with Crippen molar-refractivity contribution in [3.63, 3.8) is 0 Å². The van der Waals surface area contributed by atoms with Crippen molar-refractivity contribution >= 4 is 35.0 Å². The lowest BCUT2D eigenvalue weighted by Crippen LogP contribution is -2.43. The first-order valence-electron chi connectivity index (χ1n) is 8.96. The number of ether oxygens (including phenoxy) is 1. The average molecular weight is 396 g/mol. The smallest absolute Gasteiger partial charge is 0.262 e. The highest BCUT2D eigenvalue weighted by atomic mass is 32.1. The third kappa shape index (κ3) is 7.25. The number of hydrogen-bond acceptors (Lipinski definition) is 3. The third-order valence-corrected chi connectivity index (χ3v) is 4.01. The number of carbonyl (C=O) groups excluding carboxylic acids is 1.